The molecular weight excluding hydrogens is 356 g/mol. The molecule has 2 heterocycles. The van der Waals surface area contributed by atoms with Gasteiger partial charge in [-0.2, -0.15) is 4.31 Å². The molecule has 1 atom stereocenters. The van der Waals surface area contributed by atoms with Crippen molar-refractivity contribution in [2.75, 3.05) is 26.2 Å². The maximum Gasteiger partial charge on any atom is 0.239 e. The zero-order valence-corrected chi connectivity index (χ0v) is 15.1. The fraction of sp³-hybridized carbons (Fsp3) is 0.412. The number of piperazine rings is 1. The Morgan fingerprint density at radius 2 is 1.85 bits per heavy atom. The van der Waals surface area contributed by atoms with Crippen LogP contribution in [0.15, 0.2) is 47.2 Å². The molecule has 2 N–H and O–H groups in total. The number of nitrogens with zero attached hydrogens (tertiary/aromatic N) is 3. The van der Waals surface area contributed by atoms with Crippen molar-refractivity contribution in [3.05, 3.63) is 53.9 Å². The van der Waals surface area contributed by atoms with Gasteiger partial charge in [0, 0.05) is 32.2 Å². The fourth-order valence-electron chi connectivity index (χ4n) is 2.97. The van der Waals surface area contributed by atoms with Crippen molar-refractivity contribution in [2.45, 2.75) is 18.2 Å². The summed E-state index contributed by atoms with van der Waals surface area (Å²) in [6.07, 6.45) is 1.81. The summed E-state index contributed by atoms with van der Waals surface area (Å²) in [5.74, 6) is -0.354. The molecule has 26 heavy (non-hydrogen) atoms. The van der Waals surface area contributed by atoms with Gasteiger partial charge in [0.1, 0.15) is 12.0 Å². The molecule has 1 aromatic carbocycles. The van der Waals surface area contributed by atoms with Crippen LogP contribution in [-0.4, -0.2) is 60.9 Å². The predicted octanol–water partition coefficient (Wildman–Crippen LogP) is 0.219. The first-order valence-corrected chi connectivity index (χ1v) is 10.0. The third kappa shape index (κ3) is 4.48. The second-order valence-electron chi connectivity index (χ2n) is 6.27. The number of amides is 1. The van der Waals surface area contributed by atoms with Gasteiger partial charge in [0.2, 0.25) is 15.9 Å². The summed E-state index contributed by atoms with van der Waals surface area (Å²) in [7, 11) is -3.48. The van der Waals surface area contributed by atoms with Gasteiger partial charge in [-0.15, -0.1) is 0 Å². The third-order valence-electron chi connectivity index (χ3n) is 4.38. The molecule has 9 heteroatoms. The molecule has 3 rings (SSSR count). The summed E-state index contributed by atoms with van der Waals surface area (Å²) < 4.78 is 30.9. The van der Waals surface area contributed by atoms with Gasteiger partial charge in [0.15, 0.2) is 0 Å². The van der Waals surface area contributed by atoms with Crippen LogP contribution in [0.1, 0.15) is 11.3 Å². The summed E-state index contributed by atoms with van der Waals surface area (Å²) in [6, 6.07) is 10.5. The minimum absolute atomic E-state index is 0.151. The number of benzene rings is 1. The normalized spacial score (nSPS) is 17.2. The predicted molar refractivity (Wildman–Crippen MR) is 95.4 cm³/mol. The highest BCUT2D eigenvalue weighted by Crippen LogP contribution is 2.14. The number of carbonyl (C=O) groups excluding carboxylic acids is 1. The van der Waals surface area contributed by atoms with Crippen molar-refractivity contribution in [3.63, 3.8) is 0 Å². The van der Waals surface area contributed by atoms with Gasteiger partial charge in [-0.25, -0.2) is 8.42 Å². The Kier molecular flexibility index (Phi) is 5.70. The molecule has 1 fully saturated rings. The lowest BCUT2D eigenvalue weighted by Crippen LogP contribution is -2.54. The number of sulfonamides is 1. The van der Waals surface area contributed by atoms with Gasteiger partial charge in [-0.05, 0) is 12.0 Å². The van der Waals surface area contributed by atoms with Gasteiger partial charge < -0.3 is 15.2 Å². The zero-order valence-electron chi connectivity index (χ0n) is 14.3. The molecule has 0 spiro atoms. The molecule has 2 aromatic rings. The second-order valence-corrected chi connectivity index (χ2v) is 8.24. The highest BCUT2D eigenvalue weighted by Gasteiger charge is 2.31. The van der Waals surface area contributed by atoms with Crippen molar-refractivity contribution >= 4 is 15.9 Å². The van der Waals surface area contributed by atoms with E-state index in [0.717, 1.165) is 5.56 Å². The average Bonchev–Trinajstić information content (AvgIpc) is 3.14. The van der Waals surface area contributed by atoms with Gasteiger partial charge in [0.25, 0.3) is 0 Å². The SMILES string of the molecule is N[C@@H](Cc1ccccc1)C(=O)N1CCN(S(=O)(=O)Cc2ccon2)CC1. The quantitative estimate of drug-likeness (QED) is 0.770. The molecule has 1 amide bonds. The summed E-state index contributed by atoms with van der Waals surface area (Å²) in [6.45, 7) is 1.17. The number of hydrogen-bond acceptors (Lipinski definition) is 6. The first-order valence-electron chi connectivity index (χ1n) is 8.41. The molecule has 1 saturated heterocycles. The van der Waals surface area contributed by atoms with Gasteiger partial charge in [-0.1, -0.05) is 35.5 Å². The number of aromatic nitrogens is 1. The van der Waals surface area contributed by atoms with Crippen LogP contribution in [0, 0.1) is 0 Å². The molecule has 1 aliphatic heterocycles. The summed E-state index contributed by atoms with van der Waals surface area (Å²) in [4.78, 5) is 14.2. The maximum absolute atomic E-state index is 12.5. The maximum atomic E-state index is 12.5. The van der Waals surface area contributed by atoms with E-state index in [1.165, 1.54) is 16.6 Å². The molecule has 1 aromatic heterocycles. The van der Waals surface area contributed by atoms with Crippen LogP contribution in [0.5, 0.6) is 0 Å². The molecule has 140 valence electrons. The van der Waals surface area contributed by atoms with Crippen LogP contribution in [0.3, 0.4) is 0 Å². The van der Waals surface area contributed by atoms with Gasteiger partial charge in [-0.3, -0.25) is 4.79 Å². The average molecular weight is 378 g/mol. The lowest BCUT2D eigenvalue weighted by Gasteiger charge is -2.35. The van der Waals surface area contributed by atoms with E-state index in [0.29, 0.717) is 25.2 Å². The van der Waals surface area contributed by atoms with E-state index in [-0.39, 0.29) is 24.7 Å². The molecule has 1 aliphatic rings. The van der Waals surface area contributed by atoms with Crippen molar-refractivity contribution in [1.29, 1.82) is 0 Å². The van der Waals surface area contributed by atoms with E-state index in [1.54, 1.807) is 4.90 Å². The Balaban J connectivity index is 1.53. The minimum atomic E-state index is -3.48. The summed E-state index contributed by atoms with van der Waals surface area (Å²) >= 11 is 0. The standard InChI is InChI=1S/C17H22N4O4S/c18-16(12-14-4-2-1-3-5-14)17(22)20-7-9-21(10-8-20)26(23,24)13-15-6-11-25-19-15/h1-6,11,16H,7-10,12-13,18H2/t16-/m0/s1. The molecule has 8 nitrogen and oxygen atoms in total. The molecule has 0 bridgehead atoms. The third-order valence-corrected chi connectivity index (χ3v) is 6.19. The van der Waals surface area contributed by atoms with Crippen LogP contribution in [0.4, 0.5) is 0 Å². The lowest BCUT2D eigenvalue weighted by molar-refractivity contribution is -0.133. The smallest absolute Gasteiger partial charge is 0.239 e. The minimum Gasteiger partial charge on any atom is -0.364 e. The van der Waals surface area contributed by atoms with E-state index in [2.05, 4.69) is 9.68 Å². The molecule has 0 unspecified atom stereocenters. The van der Waals surface area contributed by atoms with Crippen LogP contribution in [0.2, 0.25) is 0 Å². The number of nitrogens with two attached hydrogens (primary N) is 1. The molecular formula is C17H22N4O4S. The first kappa shape index (κ1) is 18.6. The van der Waals surface area contributed by atoms with Crippen LogP contribution >= 0.6 is 0 Å². The zero-order chi connectivity index (χ0) is 18.6. The Bertz CT molecular complexity index is 816. The number of carbonyl (C=O) groups is 1. The van der Waals surface area contributed by atoms with Crippen molar-refractivity contribution < 1.29 is 17.7 Å². The van der Waals surface area contributed by atoms with Crippen molar-refractivity contribution in [2.24, 2.45) is 5.73 Å². The number of rotatable bonds is 6. The van der Waals surface area contributed by atoms with Gasteiger partial charge >= 0.3 is 0 Å². The fourth-order valence-corrected chi connectivity index (χ4v) is 4.39. The van der Waals surface area contributed by atoms with Crippen LogP contribution in [-0.2, 0) is 27.0 Å². The molecule has 0 saturated carbocycles. The lowest BCUT2D eigenvalue weighted by atomic mass is 10.1. The Labute approximate surface area is 152 Å². The van der Waals surface area contributed by atoms with E-state index in [9.17, 15) is 13.2 Å². The monoisotopic (exact) mass is 378 g/mol. The first-order chi connectivity index (χ1) is 12.5. The highest BCUT2D eigenvalue weighted by atomic mass is 32.2. The molecule has 0 radical (unpaired) electrons. The van der Waals surface area contributed by atoms with E-state index in [4.69, 9.17) is 5.73 Å². The summed E-state index contributed by atoms with van der Waals surface area (Å²) in [5.41, 5.74) is 7.42. The van der Waals surface area contributed by atoms with Crippen molar-refractivity contribution in [3.8, 4) is 0 Å². The van der Waals surface area contributed by atoms with Crippen molar-refractivity contribution in [1.82, 2.24) is 14.4 Å². The topological polar surface area (TPSA) is 110 Å². The van der Waals surface area contributed by atoms with E-state index in [1.807, 2.05) is 30.3 Å². The van der Waals surface area contributed by atoms with Crippen LogP contribution in [0.25, 0.3) is 0 Å². The Morgan fingerprint density at radius 1 is 1.15 bits per heavy atom. The van der Waals surface area contributed by atoms with Gasteiger partial charge in [0.05, 0.1) is 11.7 Å². The van der Waals surface area contributed by atoms with Crippen LogP contribution < -0.4 is 5.73 Å². The number of hydrogen-bond donors (Lipinski definition) is 1. The molecule has 0 aliphatic carbocycles. The Morgan fingerprint density at radius 3 is 2.46 bits per heavy atom. The highest BCUT2D eigenvalue weighted by molar-refractivity contribution is 7.88. The second kappa shape index (κ2) is 7.98. The van der Waals surface area contributed by atoms with E-state index < -0.39 is 16.1 Å². The Hall–Kier alpha value is -2.23. The van der Waals surface area contributed by atoms with E-state index >= 15 is 0 Å². The summed E-state index contributed by atoms with van der Waals surface area (Å²) in [5, 5.41) is 3.64. The largest absolute Gasteiger partial charge is 0.364 e.